The van der Waals surface area contributed by atoms with Gasteiger partial charge in [-0.05, 0) is 99.4 Å². The van der Waals surface area contributed by atoms with Gasteiger partial charge in [-0.1, -0.05) is 74.3 Å². The van der Waals surface area contributed by atoms with E-state index in [-0.39, 0.29) is 12.0 Å². The van der Waals surface area contributed by atoms with Gasteiger partial charge in [0.25, 0.3) is 0 Å². The van der Waals surface area contributed by atoms with Crippen LogP contribution in [0.4, 0.5) is 0 Å². The molecule has 1 atom stereocenters. The second-order valence-corrected chi connectivity index (χ2v) is 10.2. The molecule has 4 heteroatoms. The molecule has 0 spiro atoms. The SMILES string of the molecule is CCC=C(CCNC(=O)C(C)=CC(CC)OC(Cc1cccc(C)c1)=C(C)CC)c1cc(Cl)ccc1C. The van der Waals surface area contributed by atoms with E-state index in [1.54, 1.807) is 0 Å². The minimum absolute atomic E-state index is 0.0582. The fourth-order valence-electron chi connectivity index (χ4n) is 4.25. The maximum absolute atomic E-state index is 12.9. The van der Waals surface area contributed by atoms with Crippen LogP contribution in [0, 0.1) is 13.8 Å². The molecule has 0 aromatic heterocycles. The average Bonchev–Trinajstić information content (AvgIpc) is 2.88. The van der Waals surface area contributed by atoms with Gasteiger partial charge in [0, 0.05) is 23.6 Å². The summed E-state index contributed by atoms with van der Waals surface area (Å²) < 4.78 is 6.48. The van der Waals surface area contributed by atoms with Gasteiger partial charge in [0.1, 0.15) is 11.9 Å². The zero-order chi connectivity index (χ0) is 27.4. The van der Waals surface area contributed by atoms with Crippen molar-refractivity contribution < 1.29 is 9.53 Å². The summed E-state index contributed by atoms with van der Waals surface area (Å²) in [5, 5.41) is 3.82. The van der Waals surface area contributed by atoms with Crippen LogP contribution in [0.15, 0.2) is 71.5 Å². The Morgan fingerprint density at radius 3 is 2.49 bits per heavy atom. The Bertz CT molecular complexity index is 1140. The van der Waals surface area contributed by atoms with Crippen LogP contribution in [0.5, 0.6) is 0 Å². The van der Waals surface area contributed by atoms with Gasteiger partial charge in [0.2, 0.25) is 5.91 Å². The van der Waals surface area contributed by atoms with Crippen LogP contribution in [0.2, 0.25) is 5.02 Å². The van der Waals surface area contributed by atoms with Gasteiger partial charge in [0.15, 0.2) is 0 Å². The Kier molecular flexibility index (Phi) is 12.7. The molecule has 0 saturated heterocycles. The zero-order valence-corrected chi connectivity index (χ0v) is 24.5. The molecule has 0 aliphatic carbocycles. The number of hydrogen-bond donors (Lipinski definition) is 1. The summed E-state index contributed by atoms with van der Waals surface area (Å²) in [4.78, 5) is 12.9. The summed E-state index contributed by atoms with van der Waals surface area (Å²) in [7, 11) is 0. The lowest BCUT2D eigenvalue weighted by Crippen LogP contribution is -2.26. The maximum atomic E-state index is 12.9. The van der Waals surface area contributed by atoms with Crippen molar-refractivity contribution >= 4 is 23.1 Å². The molecule has 0 aliphatic rings. The predicted octanol–water partition coefficient (Wildman–Crippen LogP) is 8.92. The predicted molar refractivity (Wildman–Crippen MR) is 159 cm³/mol. The number of allylic oxidation sites excluding steroid dienone is 3. The third-order valence-electron chi connectivity index (χ3n) is 6.62. The smallest absolute Gasteiger partial charge is 0.246 e. The first-order chi connectivity index (χ1) is 17.7. The highest BCUT2D eigenvalue weighted by Crippen LogP contribution is 2.26. The molecule has 2 rings (SSSR count). The van der Waals surface area contributed by atoms with Gasteiger partial charge < -0.3 is 10.1 Å². The van der Waals surface area contributed by atoms with Crippen LogP contribution in [0.25, 0.3) is 5.57 Å². The normalized spacial score (nSPS) is 13.7. The summed E-state index contributed by atoms with van der Waals surface area (Å²) in [6, 6.07) is 14.5. The Morgan fingerprint density at radius 1 is 1.08 bits per heavy atom. The highest BCUT2D eigenvalue weighted by atomic mass is 35.5. The van der Waals surface area contributed by atoms with Gasteiger partial charge in [-0.3, -0.25) is 4.79 Å². The summed E-state index contributed by atoms with van der Waals surface area (Å²) in [5.41, 5.74) is 7.94. The molecule has 2 aromatic rings. The Hall–Kier alpha value is -2.78. The third-order valence-corrected chi connectivity index (χ3v) is 6.85. The molecule has 0 saturated carbocycles. The second-order valence-electron chi connectivity index (χ2n) is 9.74. The molecule has 37 heavy (non-hydrogen) atoms. The van der Waals surface area contributed by atoms with E-state index in [0.717, 1.165) is 48.4 Å². The molecular weight excluding hydrogens is 478 g/mol. The van der Waals surface area contributed by atoms with Crippen molar-refractivity contribution in [1.29, 1.82) is 0 Å². The lowest BCUT2D eigenvalue weighted by Gasteiger charge is -2.20. The number of carbonyl (C=O) groups is 1. The van der Waals surface area contributed by atoms with Gasteiger partial charge in [-0.2, -0.15) is 0 Å². The van der Waals surface area contributed by atoms with Crippen molar-refractivity contribution in [3.8, 4) is 0 Å². The van der Waals surface area contributed by atoms with E-state index in [1.807, 2.05) is 31.2 Å². The van der Waals surface area contributed by atoms with Gasteiger partial charge >= 0.3 is 0 Å². The number of amides is 1. The molecular formula is C33H44ClNO2. The number of benzene rings is 2. The van der Waals surface area contributed by atoms with Gasteiger partial charge in [-0.15, -0.1) is 0 Å². The molecule has 0 bridgehead atoms. The van der Waals surface area contributed by atoms with E-state index in [2.05, 4.69) is 77.2 Å². The van der Waals surface area contributed by atoms with E-state index in [9.17, 15) is 4.79 Å². The first kappa shape index (κ1) is 30.4. The Balaban J connectivity index is 2.06. The maximum Gasteiger partial charge on any atom is 0.246 e. The summed E-state index contributed by atoms with van der Waals surface area (Å²) in [6.07, 6.45) is 8.17. The fourth-order valence-corrected chi connectivity index (χ4v) is 4.43. The van der Waals surface area contributed by atoms with Crippen LogP contribution >= 0.6 is 11.6 Å². The van der Waals surface area contributed by atoms with Crippen molar-refractivity contribution in [3.63, 3.8) is 0 Å². The first-order valence-electron chi connectivity index (χ1n) is 13.5. The van der Waals surface area contributed by atoms with Crippen LogP contribution in [-0.4, -0.2) is 18.6 Å². The van der Waals surface area contributed by atoms with Crippen molar-refractivity contribution in [2.45, 2.75) is 86.7 Å². The highest BCUT2D eigenvalue weighted by molar-refractivity contribution is 6.30. The molecule has 2 aromatic carbocycles. The number of rotatable bonds is 13. The lowest BCUT2D eigenvalue weighted by molar-refractivity contribution is -0.117. The minimum atomic E-state index is -0.156. The quantitative estimate of drug-likeness (QED) is 0.211. The van der Waals surface area contributed by atoms with Crippen molar-refractivity contribution in [2.75, 3.05) is 6.54 Å². The summed E-state index contributed by atoms with van der Waals surface area (Å²) in [5.74, 6) is 0.938. The van der Waals surface area contributed by atoms with Crippen LogP contribution in [0.1, 0.15) is 82.6 Å². The number of hydrogen-bond acceptors (Lipinski definition) is 2. The van der Waals surface area contributed by atoms with E-state index >= 15 is 0 Å². The van der Waals surface area contributed by atoms with E-state index in [1.165, 1.54) is 27.8 Å². The minimum Gasteiger partial charge on any atom is -0.490 e. The van der Waals surface area contributed by atoms with Crippen molar-refractivity contribution in [1.82, 2.24) is 5.32 Å². The Labute approximate surface area is 229 Å². The molecule has 3 nitrogen and oxygen atoms in total. The topological polar surface area (TPSA) is 38.3 Å². The molecule has 0 radical (unpaired) electrons. The third kappa shape index (κ3) is 9.89. The number of aryl methyl sites for hydroxylation is 2. The van der Waals surface area contributed by atoms with Crippen molar-refractivity contribution in [2.24, 2.45) is 0 Å². The average molecular weight is 522 g/mol. The standard InChI is InChI=1S/C33H44ClNO2/c1-8-12-28(31-22-29(34)16-15-25(31)6)17-18-35-33(36)26(7)20-30(10-3)37-32(24(5)9-2)21-27-14-11-13-23(4)19-27/h11-16,19-20,22,30H,8-10,17-18,21H2,1-7H3,(H,35,36). The molecule has 1 unspecified atom stereocenters. The van der Waals surface area contributed by atoms with Crippen molar-refractivity contribution in [3.05, 3.63) is 98.8 Å². The molecule has 1 N–H and O–H groups in total. The van der Waals surface area contributed by atoms with Crippen LogP contribution < -0.4 is 5.32 Å². The molecule has 200 valence electrons. The molecule has 0 aliphatic heterocycles. The first-order valence-corrected chi connectivity index (χ1v) is 13.9. The number of ether oxygens (including phenoxy) is 1. The monoisotopic (exact) mass is 521 g/mol. The summed E-state index contributed by atoms with van der Waals surface area (Å²) in [6.45, 7) is 15.1. The number of carbonyl (C=O) groups excluding carboxylic acids is 1. The summed E-state index contributed by atoms with van der Waals surface area (Å²) >= 11 is 6.25. The largest absolute Gasteiger partial charge is 0.490 e. The van der Waals surface area contributed by atoms with E-state index < -0.39 is 0 Å². The fraction of sp³-hybridized carbons (Fsp3) is 0.424. The van der Waals surface area contributed by atoms with Gasteiger partial charge in [-0.25, -0.2) is 0 Å². The number of halogens is 1. The van der Waals surface area contributed by atoms with E-state index in [0.29, 0.717) is 12.1 Å². The van der Waals surface area contributed by atoms with Crippen LogP contribution in [-0.2, 0) is 16.0 Å². The lowest BCUT2D eigenvalue weighted by atomic mass is 9.97. The highest BCUT2D eigenvalue weighted by Gasteiger charge is 2.14. The van der Waals surface area contributed by atoms with E-state index in [4.69, 9.17) is 16.3 Å². The Morgan fingerprint density at radius 2 is 1.84 bits per heavy atom. The van der Waals surface area contributed by atoms with Crippen LogP contribution in [0.3, 0.4) is 0 Å². The number of nitrogens with one attached hydrogen (secondary N) is 1. The molecule has 0 heterocycles. The molecule has 1 amide bonds. The molecule has 0 fully saturated rings. The van der Waals surface area contributed by atoms with Gasteiger partial charge in [0.05, 0.1) is 0 Å². The second kappa shape index (κ2) is 15.5. The zero-order valence-electron chi connectivity index (χ0n) is 23.7.